The van der Waals surface area contributed by atoms with Crippen molar-refractivity contribution in [2.45, 2.75) is 13.8 Å². The molecule has 0 unspecified atom stereocenters. The van der Waals surface area contributed by atoms with E-state index in [1.165, 1.54) is 55.6 Å². The molecule has 0 fully saturated rings. The lowest BCUT2D eigenvalue weighted by Gasteiger charge is -2.30. The van der Waals surface area contributed by atoms with E-state index in [1.54, 1.807) is 0 Å². The molecular weight excluding hydrogens is 629 g/mol. The van der Waals surface area contributed by atoms with Crippen molar-refractivity contribution in [3.63, 3.8) is 0 Å². The number of benzene rings is 8. The first-order valence-electron chi connectivity index (χ1n) is 17.9. The van der Waals surface area contributed by atoms with Crippen LogP contribution >= 0.6 is 0 Å². The van der Waals surface area contributed by atoms with Gasteiger partial charge in [-0.05, 0) is 142 Å². The number of fused-ring (bicyclic) bond motifs is 8. The summed E-state index contributed by atoms with van der Waals surface area (Å²) in [6, 6.07) is 70.6. The summed E-state index contributed by atoms with van der Waals surface area (Å²) >= 11 is 0. The summed E-state index contributed by atoms with van der Waals surface area (Å²) in [6.45, 7) is 4.31. The number of hydrogen-bond acceptors (Lipinski definition) is 2. The van der Waals surface area contributed by atoms with Gasteiger partial charge in [0.15, 0.2) is 0 Å². The predicted molar refractivity (Wildman–Crippen MR) is 221 cm³/mol. The van der Waals surface area contributed by atoms with Crippen molar-refractivity contribution in [2.24, 2.45) is 0 Å². The van der Waals surface area contributed by atoms with Crippen LogP contribution in [0.3, 0.4) is 0 Å². The molecule has 0 atom stereocenters. The summed E-state index contributed by atoms with van der Waals surface area (Å²) in [7, 11) is 0. The van der Waals surface area contributed by atoms with Gasteiger partial charge in [-0.25, -0.2) is 0 Å². The lowest BCUT2D eigenvalue weighted by molar-refractivity contribution is 1.27. The monoisotopic (exact) mass is 666 g/mol. The summed E-state index contributed by atoms with van der Waals surface area (Å²) in [5.41, 5.74) is 19.0. The van der Waals surface area contributed by atoms with Crippen molar-refractivity contribution in [3.8, 4) is 44.5 Å². The first kappa shape index (κ1) is 31.3. The highest BCUT2D eigenvalue weighted by Crippen LogP contribution is 2.51. The third-order valence-corrected chi connectivity index (χ3v) is 10.1. The maximum atomic E-state index is 2.39. The van der Waals surface area contributed by atoms with Crippen LogP contribution in [0.2, 0.25) is 0 Å². The summed E-state index contributed by atoms with van der Waals surface area (Å²) in [6.07, 6.45) is 0. The van der Waals surface area contributed by atoms with Crippen LogP contribution in [0.1, 0.15) is 11.1 Å². The van der Waals surface area contributed by atoms with Gasteiger partial charge in [-0.15, -0.1) is 0 Å². The second-order valence-corrected chi connectivity index (χ2v) is 13.6. The Balaban J connectivity index is 1.30. The zero-order valence-corrected chi connectivity index (χ0v) is 29.4. The zero-order chi connectivity index (χ0) is 35.0. The fourth-order valence-electron chi connectivity index (χ4n) is 7.75. The van der Waals surface area contributed by atoms with Crippen LogP contribution in [-0.2, 0) is 0 Å². The van der Waals surface area contributed by atoms with Gasteiger partial charge < -0.3 is 9.80 Å². The van der Waals surface area contributed by atoms with Crippen LogP contribution in [-0.4, -0.2) is 0 Å². The molecule has 8 aromatic carbocycles. The number of para-hydroxylation sites is 2. The summed E-state index contributed by atoms with van der Waals surface area (Å²) < 4.78 is 0. The predicted octanol–water partition coefficient (Wildman–Crippen LogP) is 14.2. The topological polar surface area (TPSA) is 6.48 Å². The van der Waals surface area contributed by atoms with Crippen LogP contribution in [0.5, 0.6) is 0 Å². The Kier molecular flexibility index (Phi) is 7.98. The lowest BCUT2D eigenvalue weighted by Crippen LogP contribution is -2.11. The molecule has 0 spiro atoms. The van der Waals surface area contributed by atoms with Crippen molar-refractivity contribution < 1.29 is 0 Å². The smallest absolute Gasteiger partial charge is 0.0468 e. The zero-order valence-electron chi connectivity index (χ0n) is 29.4. The van der Waals surface area contributed by atoms with Crippen LogP contribution in [0.4, 0.5) is 34.1 Å². The minimum atomic E-state index is 1.12. The van der Waals surface area contributed by atoms with Gasteiger partial charge in [0.25, 0.3) is 0 Å². The second kappa shape index (κ2) is 13.2. The highest BCUT2D eigenvalue weighted by atomic mass is 15.1. The first-order valence-corrected chi connectivity index (χ1v) is 17.9. The number of nitrogens with zero attached hydrogens (tertiary/aromatic N) is 2. The van der Waals surface area contributed by atoms with E-state index in [2.05, 4.69) is 218 Å². The molecule has 0 aliphatic heterocycles. The molecule has 0 saturated heterocycles. The van der Waals surface area contributed by atoms with E-state index in [0.717, 1.165) is 34.1 Å². The first-order chi connectivity index (χ1) is 25.6. The molecule has 1 aliphatic rings. The quantitative estimate of drug-likeness (QED) is 0.174. The second-order valence-electron chi connectivity index (χ2n) is 13.6. The molecule has 0 saturated carbocycles. The Morgan fingerprint density at radius 3 is 0.923 bits per heavy atom. The minimum absolute atomic E-state index is 1.12. The van der Waals surface area contributed by atoms with Crippen molar-refractivity contribution in [1.29, 1.82) is 0 Å². The standard InChI is InChI=1S/C50H38N2/c1-35-15-13-21-39(31-35)51(37-17-5-3-6-18-37)41-27-29-47-48-30-28-42(52(38-19-7-4-8-20-38)40-22-14-16-36(2)32-40)34-50(48)46-26-12-10-24-44(46)43-23-9-11-25-45(43)49(47)33-41/h3-34H,1-2H3. The van der Waals surface area contributed by atoms with Crippen LogP contribution in [0, 0.1) is 13.8 Å². The van der Waals surface area contributed by atoms with Gasteiger partial charge in [-0.3, -0.25) is 0 Å². The van der Waals surface area contributed by atoms with Gasteiger partial charge >= 0.3 is 0 Å². The fraction of sp³-hybridized carbons (Fsp3) is 0.0400. The van der Waals surface area contributed by atoms with E-state index in [1.807, 2.05) is 0 Å². The average molecular weight is 667 g/mol. The van der Waals surface area contributed by atoms with E-state index in [0.29, 0.717) is 0 Å². The SMILES string of the molecule is Cc1cccc(N(c2ccccc2)c2ccc3c(c2)-c2ccccc2-c2ccccc2-c2cc(N(c4ccccc4)c4cccc(C)c4)ccc2-3)c1. The normalized spacial score (nSPS) is 11.3. The van der Waals surface area contributed by atoms with E-state index < -0.39 is 0 Å². The maximum Gasteiger partial charge on any atom is 0.0468 e. The van der Waals surface area contributed by atoms with Crippen molar-refractivity contribution in [1.82, 2.24) is 0 Å². The molecule has 52 heavy (non-hydrogen) atoms. The molecule has 0 amide bonds. The highest BCUT2D eigenvalue weighted by molar-refractivity contribution is 6.05. The Bertz CT molecular complexity index is 2370. The molecule has 1 aliphatic carbocycles. The average Bonchev–Trinajstić information content (AvgIpc) is 3.19. The molecule has 0 radical (unpaired) electrons. The summed E-state index contributed by atoms with van der Waals surface area (Å²) in [5, 5.41) is 0. The van der Waals surface area contributed by atoms with Crippen molar-refractivity contribution in [2.75, 3.05) is 9.80 Å². The molecule has 0 bridgehead atoms. The third kappa shape index (κ3) is 5.65. The number of rotatable bonds is 6. The van der Waals surface area contributed by atoms with E-state index in [-0.39, 0.29) is 0 Å². The molecule has 248 valence electrons. The molecular formula is C50H38N2. The van der Waals surface area contributed by atoms with Gasteiger partial charge in [0.2, 0.25) is 0 Å². The lowest BCUT2D eigenvalue weighted by atomic mass is 9.80. The highest BCUT2D eigenvalue weighted by Gasteiger charge is 2.25. The Morgan fingerprint density at radius 2 is 0.538 bits per heavy atom. The Morgan fingerprint density at radius 1 is 0.231 bits per heavy atom. The van der Waals surface area contributed by atoms with Crippen LogP contribution < -0.4 is 9.80 Å². The van der Waals surface area contributed by atoms with Crippen LogP contribution in [0.15, 0.2) is 194 Å². The van der Waals surface area contributed by atoms with Crippen molar-refractivity contribution >= 4 is 34.1 Å². The van der Waals surface area contributed by atoms with Gasteiger partial charge in [-0.2, -0.15) is 0 Å². The third-order valence-electron chi connectivity index (χ3n) is 10.1. The Labute approximate surface area is 306 Å². The number of hydrogen-bond donors (Lipinski definition) is 0. The van der Waals surface area contributed by atoms with Gasteiger partial charge in [-0.1, -0.05) is 121 Å². The maximum absolute atomic E-state index is 2.39. The van der Waals surface area contributed by atoms with E-state index in [4.69, 9.17) is 0 Å². The molecule has 8 aromatic rings. The molecule has 0 heterocycles. The number of aryl methyl sites for hydroxylation is 2. The van der Waals surface area contributed by atoms with Gasteiger partial charge in [0.1, 0.15) is 0 Å². The molecule has 2 nitrogen and oxygen atoms in total. The summed E-state index contributed by atoms with van der Waals surface area (Å²) in [4.78, 5) is 4.73. The number of anilines is 6. The van der Waals surface area contributed by atoms with Gasteiger partial charge in [0, 0.05) is 34.1 Å². The summed E-state index contributed by atoms with van der Waals surface area (Å²) in [5.74, 6) is 0. The van der Waals surface area contributed by atoms with Crippen molar-refractivity contribution in [3.05, 3.63) is 205 Å². The fourth-order valence-corrected chi connectivity index (χ4v) is 7.75. The Hall–Kier alpha value is -6.64. The molecule has 0 aromatic heterocycles. The van der Waals surface area contributed by atoms with Crippen LogP contribution in [0.25, 0.3) is 44.5 Å². The van der Waals surface area contributed by atoms with E-state index in [9.17, 15) is 0 Å². The van der Waals surface area contributed by atoms with E-state index >= 15 is 0 Å². The molecule has 0 N–H and O–H groups in total. The molecule has 2 heteroatoms. The largest absolute Gasteiger partial charge is 0.310 e. The minimum Gasteiger partial charge on any atom is -0.310 e. The van der Waals surface area contributed by atoms with Gasteiger partial charge in [0.05, 0.1) is 0 Å². The molecule has 9 rings (SSSR count).